The van der Waals surface area contributed by atoms with Crippen LogP contribution in [0.15, 0.2) is 0 Å². The standard InChI is InChI=1S/C19H41O5PS/c1-3-5-6-7-8-9-10-11-12-13-14-15-16-26-18-19(23-4-2)17-24-25(20,21)22/h19H,3-18H2,1-2H3,(H2,20,21,22). The van der Waals surface area contributed by atoms with Gasteiger partial charge in [-0.05, 0) is 19.1 Å². The lowest BCUT2D eigenvalue weighted by Crippen LogP contribution is -2.22. The molecule has 1 atom stereocenters. The van der Waals surface area contributed by atoms with Gasteiger partial charge in [0.05, 0.1) is 12.7 Å². The van der Waals surface area contributed by atoms with Crippen LogP contribution in [0.1, 0.15) is 90.9 Å². The van der Waals surface area contributed by atoms with Gasteiger partial charge in [-0.15, -0.1) is 0 Å². The van der Waals surface area contributed by atoms with E-state index in [1.54, 1.807) is 11.8 Å². The van der Waals surface area contributed by atoms with Gasteiger partial charge in [-0.1, -0.05) is 77.6 Å². The summed E-state index contributed by atoms with van der Waals surface area (Å²) in [5, 5.41) is 0. The van der Waals surface area contributed by atoms with E-state index >= 15 is 0 Å². The van der Waals surface area contributed by atoms with E-state index in [0.29, 0.717) is 12.4 Å². The summed E-state index contributed by atoms with van der Waals surface area (Å²) in [5.41, 5.74) is 0. The van der Waals surface area contributed by atoms with Crippen molar-refractivity contribution in [3.05, 3.63) is 0 Å². The van der Waals surface area contributed by atoms with Gasteiger partial charge < -0.3 is 14.5 Å². The molecule has 0 aliphatic carbocycles. The second kappa shape index (κ2) is 18.8. The Labute approximate surface area is 165 Å². The monoisotopic (exact) mass is 412 g/mol. The Bertz CT molecular complexity index is 338. The predicted octanol–water partition coefficient (Wildman–Crippen LogP) is 5.94. The van der Waals surface area contributed by atoms with Gasteiger partial charge in [0.1, 0.15) is 0 Å². The topological polar surface area (TPSA) is 76.0 Å². The summed E-state index contributed by atoms with van der Waals surface area (Å²) in [6, 6.07) is 0. The van der Waals surface area contributed by atoms with E-state index in [1.165, 1.54) is 77.0 Å². The zero-order valence-electron chi connectivity index (χ0n) is 16.9. The fraction of sp³-hybridized carbons (Fsp3) is 1.00. The highest BCUT2D eigenvalue weighted by atomic mass is 32.2. The first kappa shape index (κ1) is 26.4. The van der Waals surface area contributed by atoms with Crippen molar-refractivity contribution < 1.29 is 23.6 Å². The number of rotatable bonds is 20. The van der Waals surface area contributed by atoms with E-state index in [-0.39, 0.29) is 12.7 Å². The highest BCUT2D eigenvalue weighted by Gasteiger charge is 2.18. The van der Waals surface area contributed by atoms with E-state index in [2.05, 4.69) is 11.4 Å². The molecule has 26 heavy (non-hydrogen) atoms. The highest BCUT2D eigenvalue weighted by Crippen LogP contribution is 2.36. The normalized spacial score (nSPS) is 13.2. The lowest BCUT2D eigenvalue weighted by atomic mass is 10.1. The largest absolute Gasteiger partial charge is 0.469 e. The van der Waals surface area contributed by atoms with Crippen molar-refractivity contribution >= 4 is 19.6 Å². The van der Waals surface area contributed by atoms with Crippen LogP contribution in [-0.4, -0.2) is 40.6 Å². The third-order valence-corrected chi connectivity index (χ3v) is 5.95. The number of ether oxygens (including phenoxy) is 1. The maximum Gasteiger partial charge on any atom is 0.469 e. The van der Waals surface area contributed by atoms with Crippen molar-refractivity contribution in [3.8, 4) is 0 Å². The van der Waals surface area contributed by atoms with Crippen LogP contribution >= 0.6 is 19.6 Å². The highest BCUT2D eigenvalue weighted by molar-refractivity contribution is 7.99. The van der Waals surface area contributed by atoms with Crippen LogP contribution < -0.4 is 0 Å². The average Bonchev–Trinajstić information content (AvgIpc) is 2.59. The molecule has 0 aromatic rings. The molecule has 0 aromatic heterocycles. The zero-order chi connectivity index (χ0) is 19.5. The first-order chi connectivity index (χ1) is 12.5. The molecule has 2 N–H and O–H groups in total. The number of phosphoric acid groups is 1. The van der Waals surface area contributed by atoms with Crippen molar-refractivity contribution in [2.75, 3.05) is 24.7 Å². The Kier molecular flexibility index (Phi) is 19.1. The van der Waals surface area contributed by atoms with Gasteiger partial charge in [-0.3, -0.25) is 4.52 Å². The molecule has 1 unspecified atom stereocenters. The Balaban J connectivity index is 3.38. The quantitative estimate of drug-likeness (QED) is 0.190. The van der Waals surface area contributed by atoms with Crippen LogP contribution in [0.5, 0.6) is 0 Å². The Hall–Kier alpha value is 0.420. The molecule has 0 bridgehead atoms. The molecule has 7 heteroatoms. The van der Waals surface area contributed by atoms with Gasteiger partial charge in [0.2, 0.25) is 0 Å². The lowest BCUT2D eigenvalue weighted by Gasteiger charge is -2.17. The van der Waals surface area contributed by atoms with E-state index in [1.807, 2.05) is 6.92 Å². The van der Waals surface area contributed by atoms with Crippen molar-refractivity contribution in [1.82, 2.24) is 0 Å². The SMILES string of the molecule is CCCCCCCCCCCCCCSCC(COP(=O)(O)O)OCC. The third kappa shape index (κ3) is 20.7. The van der Waals surface area contributed by atoms with Gasteiger partial charge in [0.15, 0.2) is 0 Å². The van der Waals surface area contributed by atoms with Crippen molar-refractivity contribution in [1.29, 1.82) is 0 Å². The summed E-state index contributed by atoms with van der Waals surface area (Å²) in [6.07, 6.45) is 15.9. The van der Waals surface area contributed by atoms with Gasteiger partial charge >= 0.3 is 7.82 Å². The second-order valence-corrected chi connectivity index (χ2v) is 9.22. The summed E-state index contributed by atoms with van der Waals surface area (Å²) in [6.45, 7) is 4.61. The van der Waals surface area contributed by atoms with Crippen LogP contribution in [0.3, 0.4) is 0 Å². The van der Waals surface area contributed by atoms with Crippen LogP contribution in [0.2, 0.25) is 0 Å². The third-order valence-electron chi connectivity index (χ3n) is 4.28. The van der Waals surface area contributed by atoms with Crippen molar-refractivity contribution in [3.63, 3.8) is 0 Å². The summed E-state index contributed by atoms with van der Waals surface area (Å²) >= 11 is 1.78. The number of hydrogen-bond donors (Lipinski definition) is 2. The fourth-order valence-electron chi connectivity index (χ4n) is 2.82. The molecule has 0 aromatic carbocycles. The Morgan fingerprint density at radius 1 is 0.846 bits per heavy atom. The Morgan fingerprint density at radius 3 is 1.81 bits per heavy atom. The molecule has 158 valence electrons. The van der Waals surface area contributed by atoms with Crippen molar-refractivity contribution in [2.24, 2.45) is 0 Å². The molecule has 0 spiro atoms. The molecule has 0 radical (unpaired) electrons. The lowest BCUT2D eigenvalue weighted by molar-refractivity contribution is 0.0332. The van der Waals surface area contributed by atoms with Crippen LogP contribution in [0.4, 0.5) is 0 Å². The predicted molar refractivity (Wildman–Crippen MR) is 112 cm³/mol. The maximum atomic E-state index is 10.8. The first-order valence-electron chi connectivity index (χ1n) is 10.4. The van der Waals surface area contributed by atoms with E-state index in [9.17, 15) is 4.57 Å². The molecule has 5 nitrogen and oxygen atoms in total. The number of unbranched alkanes of at least 4 members (excludes halogenated alkanes) is 11. The minimum Gasteiger partial charge on any atom is -0.375 e. The molecule has 0 fully saturated rings. The molecule has 0 saturated heterocycles. The molecule has 0 heterocycles. The Morgan fingerprint density at radius 2 is 1.35 bits per heavy atom. The van der Waals surface area contributed by atoms with Crippen molar-refractivity contribution in [2.45, 2.75) is 97.0 Å². The van der Waals surface area contributed by atoms with Crippen LogP contribution in [-0.2, 0) is 13.8 Å². The zero-order valence-corrected chi connectivity index (χ0v) is 18.6. The smallest absolute Gasteiger partial charge is 0.375 e. The molecular weight excluding hydrogens is 371 g/mol. The van der Waals surface area contributed by atoms with E-state index < -0.39 is 7.82 Å². The summed E-state index contributed by atoms with van der Waals surface area (Å²) in [5.74, 6) is 1.78. The number of hydrogen-bond acceptors (Lipinski definition) is 4. The van der Waals surface area contributed by atoms with Gasteiger partial charge in [0.25, 0.3) is 0 Å². The number of thioether (sulfide) groups is 1. The first-order valence-corrected chi connectivity index (χ1v) is 13.1. The molecule has 0 aliphatic heterocycles. The minimum absolute atomic E-state index is 0.0520. The minimum atomic E-state index is -4.41. The van der Waals surface area contributed by atoms with Gasteiger partial charge in [-0.2, -0.15) is 11.8 Å². The number of phosphoric ester groups is 1. The van der Waals surface area contributed by atoms with Gasteiger partial charge in [-0.25, -0.2) is 4.57 Å². The fourth-order valence-corrected chi connectivity index (χ4v) is 4.21. The van der Waals surface area contributed by atoms with Crippen LogP contribution in [0, 0.1) is 0 Å². The molecule has 0 saturated carbocycles. The summed E-state index contributed by atoms with van der Waals surface area (Å²) < 4.78 is 20.8. The second-order valence-electron chi connectivity index (χ2n) is 6.83. The summed E-state index contributed by atoms with van der Waals surface area (Å²) in [4.78, 5) is 17.5. The maximum absolute atomic E-state index is 10.8. The van der Waals surface area contributed by atoms with E-state index in [4.69, 9.17) is 14.5 Å². The molecule has 0 rings (SSSR count). The molecule has 0 aliphatic rings. The molecular formula is C19H41O5PS. The molecule has 0 amide bonds. The van der Waals surface area contributed by atoms with Crippen LogP contribution in [0.25, 0.3) is 0 Å². The van der Waals surface area contributed by atoms with Gasteiger partial charge in [0, 0.05) is 12.4 Å². The van der Waals surface area contributed by atoms with E-state index in [0.717, 1.165) is 5.75 Å². The summed E-state index contributed by atoms with van der Waals surface area (Å²) in [7, 11) is -4.41. The average molecular weight is 413 g/mol.